The highest BCUT2D eigenvalue weighted by Gasteiger charge is 2.29. The first-order valence-corrected chi connectivity index (χ1v) is 10.8. The van der Waals surface area contributed by atoms with Gasteiger partial charge in [0.05, 0.1) is 10.6 Å². The van der Waals surface area contributed by atoms with Crippen LogP contribution < -0.4 is 0 Å². The van der Waals surface area contributed by atoms with Crippen LogP contribution in [-0.2, 0) is 9.84 Å². The van der Waals surface area contributed by atoms with Crippen molar-refractivity contribution in [1.82, 2.24) is 4.90 Å². The van der Waals surface area contributed by atoms with Crippen LogP contribution in [0, 0.1) is 6.92 Å². The van der Waals surface area contributed by atoms with E-state index in [0.29, 0.717) is 23.4 Å². The molecule has 0 radical (unpaired) electrons. The van der Waals surface area contributed by atoms with E-state index in [9.17, 15) is 13.2 Å². The third-order valence-electron chi connectivity index (χ3n) is 5.01. The fourth-order valence-electron chi connectivity index (χ4n) is 3.47. The summed E-state index contributed by atoms with van der Waals surface area (Å²) in [6, 6.07) is 16.1. The van der Waals surface area contributed by atoms with Gasteiger partial charge in [-0.1, -0.05) is 35.9 Å². The molecule has 0 bridgehead atoms. The van der Waals surface area contributed by atoms with Crippen molar-refractivity contribution < 1.29 is 13.2 Å². The fraction of sp³-hybridized carbons (Fsp3) is 0.381. The predicted molar refractivity (Wildman–Crippen MR) is 103 cm³/mol. The second kappa shape index (κ2) is 8.04. The lowest BCUT2D eigenvalue weighted by atomic mass is 9.98. The van der Waals surface area contributed by atoms with E-state index in [1.807, 2.05) is 42.2 Å². The SMILES string of the molecule is Cc1ccc(C(=O)N2CCCC[C@H]2CCS(=O)(=O)c2ccccc2)cc1. The molecule has 1 fully saturated rings. The molecule has 0 spiro atoms. The van der Waals surface area contributed by atoms with Crippen LogP contribution in [0.4, 0.5) is 0 Å². The fourth-order valence-corrected chi connectivity index (χ4v) is 4.86. The summed E-state index contributed by atoms with van der Waals surface area (Å²) in [4.78, 5) is 15.1. The summed E-state index contributed by atoms with van der Waals surface area (Å²) >= 11 is 0. The summed E-state index contributed by atoms with van der Waals surface area (Å²) in [7, 11) is -3.32. The number of hydrogen-bond acceptors (Lipinski definition) is 3. The Morgan fingerprint density at radius 2 is 1.73 bits per heavy atom. The molecule has 1 amide bonds. The van der Waals surface area contributed by atoms with Gasteiger partial charge >= 0.3 is 0 Å². The van der Waals surface area contributed by atoms with Gasteiger partial charge in [-0.05, 0) is 56.9 Å². The smallest absolute Gasteiger partial charge is 0.254 e. The molecule has 26 heavy (non-hydrogen) atoms. The number of carbonyl (C=O) groups is 1. The Morgan fingerprint density at radius 3 is 2.42 bits per heavy atom. The van der Waals surface area contributed by atoms with Crippen LogP contribution in [0.2, 0.25) is 0 Å². The lowest BCUT2D eigenvalue weighted by molar-refractivity contribution is 0.0609. The second-order valence-corrected chi connectivity index (χ2v) is 9.04. The average Bonchev–Trinajstić information content (AvgIpc) is 2.67. The number of piperidine rings is 1. The van der Waals surface area contributed by atoms with Crippen molar-refractivity contribution in [2.24, 2.45) is 0 Å². The number of sulfone groups is 1. The van der Waals surface area contributed by atoms with Gasteiger partial charge in [0.1, 0.15) is 0 Å². The molecule has 0 N–H and O–H groups in total. The summed E-state index contributed by atoms with van der Waals surface area (Å²) in [5.41, 5.74) is 1.79. The molecular formula is C21H25NO3S. The van der Waals surface area contributed by atoms with Crippen molar-refractivity contribution in [2.45, 2.75) is 43.5 Å². The molecule has 1 aliphatic rings. The van der Waals surface area contributed by atoms with Gasteiger partial charge in [0, 0.05) is 18.2 Å². The van der Waals surface area contributed by atoms with Crippen LogP contribution >= 0.6 is 0 Å². The number of hydrogen-bond donors (Lipinski definition) is 0. The Labute approximate surface area is 155 Å². The van der Waals surface area contributed by atoms with Crippen molar-refractivity contribution in [3.05, 3.63) is 65.7 Å². The van der Waals surface area contributed by atoms with E-state index in [0.717, 1.165) is 24.8 Å². The molecule has 0 unspecified atom stereocenters. The van der Waals surface area contributed by atoms with Crippen LogP contribution in [0.15, 0.2) is 59.5 Å². The zero-order valence-electron chi connectivity index (χ0n) is 15.1. The first-order chi connectivity index (χ1) is 12.5. The maximum absolute atomic E-state index is 12.9. The first kappa shape index (κ1) is 18.6. The Balaban J connectivity index is 1.71. The third-order valence-corrected chi connectivity index (χ3v) is 6.77. The summed E-state index contributed by atoms with van der Waals surface area (Å²) < 4.78 is 25.1. The normalized spacial score (nSPS) is 17.9. The van der Waals surface area contributed by atoms with Gasteiger partial charge in [0.15, 0.2) is 9.84 Å². The molecule has 0 aliphatic carbocycles. The minimum Gasteiger partial charge on any atom is -0.336 e. The highest BCUT2D eigenvalue weighted by Crippen LogP contribution is 2.24. The summed E-state index contributed by atoms with van der Waals surface area (Å²) in [5.74, 6) is 0.0751. The van der Waals surface area contributed by atoms with E-state index in [1.165, 1.54) is 0 Å². The van der Waals surface area contributed by atoms with Crippen LogP contribution in [0.5, 0.6) is 0 Å². The topological polar surface area (TPSA) is 54.5 Å². The van der Waals surface area contributed by atoms with Gasteiger partial charge < -0.3 is 4.90 Å². The molecule has 1 atom stereocenters. The number of nitrogens with zero attached hydrogens (tertiary/aromatic N) is 1. The lowest BCUT2D eigenvalue weighted by Gasteiger charge is -2.36. The maximum Gasteiger partial charge on any atom is 0.254 e. The van der Waals surface area contributed by atoms with Crippen LogP contribution in [0.1, 0.15) is 41.6 Å². The zero-order valence-corrected chi connectivity index (χ0v) is 15.9. The van der Waals surface area contributed by atoms with E-state index in [4.69, 9.17) is 0 Å². The average molecular weight is 372 g/mol. The Hall–Kier alpha value is -2.14. The van der Waals surface area contributed by atoms with Crippen molar-refractivity contribution in [3.63, 3.8) is 0 Å². The van der Waals surface area contributed by atoms with Crippen molar-refractivity contribution in [3.8, 4) is 0 Å². The Bertz CT molecular complexity index is 845. The van der Waals surface area contributed by atoms with Gasteiger partial charge in [-0.15, -0.1) is 0 Å². The molecule has 3 rings (SSSR count). The standard InChI is InChI=1S/C21H25NO3S/c1-17-10-12-18(13-11-17)21(23)22-15-6-5-7-19(22)14-16-26(24,25)20-8-3-2-4-9-20/h2-4,8-13,19H,5-7,14-16H2,1H3/t19-/m0/s1. The zero-order chi connectivity index (χ0) is 18.6. The molecule has 1 heterocycles. The van der Waals surface area contributed by atoms with Crippen LogP contribution in [-0.4, -0.2) is 37.6 Å². The number of aryl methyl sites for hydroxylation is 1. The predicted octanol–water partition coefficient (Wildman–Crippen LogP) is 3.85. The van der Waals surface area contributed by atoms with E-state index < -0.39 is 9.84 Å². The molecule has 4 nitrogen and oxygen atoms in total. The number of amides is 1. The summed E-state index contributed by atoms with van der Waals surface area (Å²) in [6.45, 7) is 2.69. The van der Waals surface area contributed by atoms with Crippen molar-refractivity contribution in [1.29, 1.82) is 0 Å². The largest absolute Gasteiger partial charge is 0.336 e. The lowest BCUT2D eigenvalue weighted by Crippen LogP contribution is -2.44. The van der Waals surface area contributed by atoms with E-state index in [-0.39, 0.29) is 17.7 Å². The van der Waals surface area contributed by atoms with E-state index >= 15 is 0 Å². The Morgan fingerprint density at radius 1 is 1.04 bits per heavy atom. The molecule has 2 aromatic rings. The monoisotopic (exact) mass is 371 g/mol. The van der Waals surface area contributed by atoms with Gasteiger partial charge in [0.2, 0.25) is 0 Å². The van der Waals surface area contributed by atoms with E-state index in [2.05, 4.69) is 0 Å². The third kappa shape index (κ3) is 4.33. The first-order valence-electron chi connectivity index (χ1n) is 9.13. The molecule has 0 aromatic heterocycles. The molecule has 5 heteroatoms. The molecule has 1 saturated heterocycles. The van der Waals surface area contributed by atoms with Crippen LogP contribution in [0.25, 0.3) is 0 Å². The van der Waals surface area contributed by atoms with Gasteiger partial charge in [-0.25, -0.2) is 8.42 Å². The molecular weight excluding hydrogens is 346 g/mol. The highest BCUT2D eigenvalue weighted by molar-refractivity contribution is 7.91. The molecule has 138 valence electrons. The highest BCUT2D eigenvalue weighted by atomic mass is 32.2. The summed E-state index contributed by atoms with van der Waals surface area (Å²) in [5, 5.41) is 0. The Kier molecular flexibility index (Phi) is 5.77. The van der Waals surface area contributed by atoms with Gasteiger partial charge in [-0.2, -0.15) is 0 Å². The minimum absolute atomic E-state index is 0.00630. The van der Waals surface area contributed by atoms with Crippen LogP contribution in [0.3, 0.4) is 0 Å². The van der Waals surface area contributed by atoms with Gasteiger partial charge in [-0.3, -0.25) is 4.79 Å². The van der Waals surface area contributed by atoms with Crippen molar-refractivity contribution >= 4 is 15.7 Å². The number of likely N-dealkylation sites (tertiary alicyclic amines) is 1. The molecule has 1 aliphatic heterocycles. The van der Waals surface area contributed by atoms with Crippen molar-refractivity contribution in [2.75, 3.05) is 12.3 Å². The van der Waals surface area contributed by atoms with E-state index in [1.54, 1.807) is 24.3 Å². The molecule has 0 saturated carbocycles. The minimum atomic E-state index is -3.32. The second-order valence-electron chi connectivity index (χ2n) is 6.93. The maximum atomic E-state index is 12.9. The number of carbonyl (C=O) groups excluding carboxylic acids is 1. The number of benzene rings is 2. The molecule has 2 aromatic carbocycles. The number of rotatable bonds is 5. The summed E-state index contributed by atoms with van der Waals surface area (Å²) in [6.07, 6.45) is 3.35. The quantitative estimate of drug-likeness (QED) is 0.802. The van der Waals surface area contributed by atoms with Gasteiger partial charge in [0.25, 0.3) is 5.91 Å².